The van der Waals surface area contributed by atoms with E-state index in [1.54, 1.807) is 18.2 Å². The van der Waals surface area contributed by atoms with Crippen molar-refractivity contribution in [2.75, 3.05) is 13.4 Å². The van der Waals surface area contributed by atoms with E-state index in [9.17, 15) is 9.50 Å². The van der Waals surface area contributed by atoms with Crippen molar-refractivity contribution in [2.24, 2.45) is 4.99 Å². The normalized spacial score (nSPS) is 19.5. The smallest absolute Gasteiger partial charge is 0.231 e. The largest absolute Gasteiger partial charge is 0.504 e. The molecule has 0 saturated carbocycles. The molecule has 2 atom stereocenters. The zero-order chi connectivity index (χ0) is 22.1. The summed E-state index contributed by atoms with van der Waals surface area (Å²) in [5.41, 5.74) is 3.31. The molecule has 164 valence electrons. The molecule has 0 amide bonds. The Morgan fingerprint density at radius 1 is 1.09 bits per heavy atom. The Labute approximate surface area is 185 Å². The molecule has 3 aromatic carbocycles. The summed E-state index contributed by atoms with van der Waals surface area (Å²) in [6.07, 6.45) is 0.130. The molecule has 7 heteroatoms. The first-order valence-corrected chi connectivity index (χ1v) is 10.5. The average molecular weight is 434 g/mol. The van der Waals surface area contributed by atoms with Crippen molar-refractivity contribution < 1.29 is 23.7 Å². The maximum absolute atomic E-state index is 13.5. The lowest BCUT2D eigenvalue weighted by Gasteiger charge is -2.31. The molecule has 2 aliphatic heterocycles. The monoisotopic (exact) mass is 434 g/mol. The third-order valence-electron chi connectivity index (χ3n) is 5.64. The zero-order valence-corrected chi connectivity index (χ0v) is 17.5. The van der Waals surface area contributed by atoms with E-state index >= 15 is 0 Å². The first kappa shape index (κ1) is 20.3. The second-order valence-electron chi connectivity index (χ2n) is 7.65. The van der Waals surface area contributed by atoms with E-state index in [-0.39, 0.29) is 24.4 Å². The molecule has 3 aromatic rings. The fourth-order valence-corrected chi connectivity index (χ4v) is 4.07. The Balaban J connectivity index is 1.55. The maximum atomic E-state index is 13.5. The van der Waals surface area contributed by atoms with Crippen LogP contribution >= 0.6 is 0 Å². The number of nitrogens with one attached hydrogen (secondary N) is 1. The fourth-order valence-electron chi connectivity index (χ4n) is 4.07. The molecule has 6 nitrogen and oxygen atoms in total. The van der Waals surface area contributed by atoms with Crippen LogP contribution in [0.5, 0.6) is 23.0 Å². The molecule has 2 heterocycles. The molecule has 32 heavy (non-hydrogen) atoms. The van der Waals surface area contributed by atoms with Gasteiger partial charge >= 0.3 is 0 Å². The van der Waals surface area contributed by atoms with E-state index < -0.39 is 6.17 Å². The average Bonchev–Trinajstić information content (AvgIpc) is 3.29. The van der Waals surface area contributed by atoms with Crippen molar-refractivity contribution in [2.45, 2.75) is 25.6 Å². The summed E-state index contributed by atoms with van der Waals surface area (Å²) in [5, 5.41) is 14.3. The SMILES string of the molecule is CCOc1cccc([C@H]2CC(c3ccc4c(c3)OCO4)=N[C@@H](c3ccc(F)cc3)N2)c1O. The van der Waals surface area contributed by atoms with Gasteiger partial charge in [-0.05, 0) is 54.4 Å². The lowest BCUT2D eigenvalue weighted by molar-refractivity contribution is 0.174. The van der Waals surface area contributed by atoms with E-state index in [2.05, 4.69) is 5.32 Å². The number of hydrogen-bond acceptors (Lipinski definition) is 6. The van der Waals surface area contributed by atoms with Gasteiger partial charge in [0, 0.05) is 23.7 Å². The number of halogens is 1. The number of aliphatic imine (C=N–C) groups is 1. The van der Waals surface area contributed by atoms with Crippen LogP contribution in [0.3, 0.4) is 0 Å². The second kappa shape index (κ2) is 8.51. The summed E-state index contributed by atoms with van der Waals surface area (Å²) in [6, 6.07) is 17.3. The van der Waals surface area contributed by atoms with E-state index in [1.807, 2.05) is 37.3 Å². The Hall–Kier alpha value is -3.58. The highest BCUT2D eigenvalue weighted by Crippen LogP contribution is 2.40. The van der Waals surface area contributed by atoms with Gasteiger partial charge in [-0.3, -0.25) is 10.3 Å². The number of fused-ring (bicyclic) bond motifs is 1. The van der Waals surface area contributed by atoms with Crippen molar-refractivity contribution in [1.82, 2.24) is 5.32 Å². The molecule has 0 fully saturated rings. The van der Waals surface area contributed by atoms with Gasteiger partial charge in [-0.15, -0.1) is 0 Å². The third-order valence-corrected chi connectivity index (χ3v) is 5.64. The van der Waals surface area contributed by atoms with Gasteiger partial charge in [0.2, 0.25) is 6.79 Å². The molecule has 2 N–H and O–H groups in total. The molecular weight excluding hydrogens is 411 g/mol. The molecule has 0 bridgehead atoms. The predicted molar refractivity (Wildman–Crippen MR) is 118 cm³/mol. The number of ether oxygens (including phenoxy) is 3. The summed E-state index contributed by atoms with van der Waals surface area (Å²) in [7, 11) is 0. The zero-order valence-electron chi connectivity index (χ0n) is 17.5. The van der Waals surface area contributed by atoms with Gasteiger partial charge in [0.25, 0.3) is 0 Å². The van der Waals surface area contributed by atoms with Crippen LogP contribution in [0.25, 0.3) is 0 Å². The van der Waals surface area contributed by atoms with Crippen LogP contribution in [0.15, 0.2) is 65.7 Å². The number of nitrogens with zero attached hydrogens (tertiary/aromatic N) is 1. The first-order valence-electron chi connectivity index (χ1n) is 10.5. The van der Waals surface area contributed by atoms with Gasteiger partial charge in [-0.2, -0.15) is 0 Å². The van der Waals surface area contributed by atoms with E-state index in [0.717, 1.165) is 22.4 Å². The lowest BCUT2D eigenvalue weighted by atomic mass is 9.93. The second-order valence-corrected chi connectivity index (χ2v) is 7.65. The molecule has 0 radical (unpaired) electrons. The van der Waals surface area contributed by atoms with Gasteiger partial charge in [0.05, 0.1) is 6.61 Å². The molecule has 0 spiro atoms. The highest BCUT2D eigenvalue weighted by molar-refractivity contribution is 6.02. The van der Waals surface area contributed by atoms with Crippen molar-refractivity contribution in [3.63, 3.8) is 0 Å². The minimum Gasteiger partial charge on any atom is -0.504 e. The topological polar surface area (TPSA) is 72.3 Å². The lowest BCUT2D eigenvalue weighted by Crippen LogP contribution is -2.33. The molecule has 0 unspecified atom stereocenters. The number of phenolic OH excluding ortho intramolecular Hbond substituents is 1. The van der Waals surface area contributed by atoms with Crippen LogP contribution < -0.4 is 19.5 Å². The number of phenols is 1. The quantitative estimate of drug-likeness (QED) is 0.599. The molecule has 0 saturated heterocycles. The third kappa shape index (κ3) is 3.87. The Morgan fingerprint density at radius 2 is 1.91 bits per heavy atom. The van der Waals surface area contributed by atoms with E-state index in [0.29, 0.717) is 30.3 Å². The molecule has 2 aliphatic rings. The highest BCUT2D eigenvalue weighted by atomic mass is 19.1. The van der Waals surface area contributed by atoms with Gasteiger partial charge in [-0.1, -0.05) is 24.3 Å². The summed E-state index contributed by atoms with van der Waals surface area (Å²) >= 11 is 0. The Morgan fingerprint density at radius 3 is 2.72 bits per heavy atom. The van der Waals surface area contributed by atoms with Crippen LogP contribution in [0.1, 0.15) is 42.2 Å². The summed E-state index contributed by atoms with van der Waals surface area (Å²) in [5.74, 6) is 1.63. The number of para-hydroxylation sites is 1. The highest BCUT2D eigenvalue weighted by Gasteiger charge is 2.29. The fraction of sp³-hybridized carbons (Fsp3) is 0.240. The standard InChI is InChI=1S/C25H23FN2O4/c1-2-30-22-5-3-4-18(24(22)29)20-13-19(16-8-11-21-23(12-16)32-14-31-21)27-25(28-20)15-6-9-17(26)10-7-15/h3-12,20,25,28-29H,2,13-14H2,1H3/t20-,25-/m1/s1. The van der Waals surface area contributed by atoms with Crippen LogP contribution in [-0.4, -0.2) is 24.2 Å². The molecule has 5 rings (SSSR count). The minimum atomic E-state index is -0.412. The molecule has 0 aromatic heterocycles. The van der Waals surface area contributed by atoms with Gasteiger partial charge in [-0.25, -0.2) is 4.39 Å². The van der Waals surface area contributed by atoms with Crippen LogP contribution in [0.2, 0.25) is 0 Å². The van der Waals surface area contributed by atoms with Crippen molar-refractivity contribution >= 4 is 5.71 Å². The van der Waals surface area contributed by atoms with Crippen LogP contribution in [0.4, 0.5) is 4.39 Å². The van der Waals surface area contributed by atoms with Gasteiger partial charge in [0.15, 0.2) is 23.0 Å². The molecule has 0 aliphatic carbocycles. The van der Waals surface area contributed by atoms with Crippen molar-refractivity contribution in [1.29, 1.82) is 0 Å². The maximum Gasteiger partial charge on any atom is 0.231 e. The minimum absolute atomic E-state index is 0.108. The number of hydrogen-bond donors (Lipinski definition) is 2. The number of benzene rings is 3. The summed E-state index contributed by atoms with van der Waals surface area (Å²) in [4.78, 5) is 4.92. The Kier molecular flexibility index (Phi) is 5.41. The van der Waals surface area contributed by atoms with Crippen molar-refractivity contribution in [3.05, 3.63) is 83.2 Å². The summed E-state index contributed by atoms with van der Waals surface area (Å²) < 4.78 is 30.0. The predicted octanol–water partition coefficient (Wildman–Crippen LogP) is 4.88. The number of rotatable bonds is 5. The first-order chi connectivity index (χ1) is 15.6. The van der Waals surface area contributed by atoms with E-state index in [4.69, 9.17) is 19.2 Å². The van der Waals surface area contributed by atoms with E-state index in [1.165, 1.54) is 12.1 Å². The summed E-state index contributed by atoms with van der Waals surface area (Å²) in [6.45, 7) is 2.53. The molecular formula is C25H23FN2O4. The van der Waals surface area contributed by atoms with Crippen LogP contribution in [0, 0.1) is 5.82 Å². The Bertz CT molecular complexity index is 1160. The number of aromatic hydroxyl groups is 1. The van der Waals surface area contributed by atoms with Gasteiger partial charge < -0.3 is 19.3 Å². The van der Waals surface area contributed by atoms with Gasteiger partial charge in [0.1, 0.15) is 12.0 Å². The van der Waals surface area contributed by atoms with Crippen molar-refractivity contribution in [3.8, 4) is 23.0 Å². The van der Waals surface area contributed by atoms with Crippen LogP contribution in [-0.2, 0) is 0 Å².